The molecular formula is C20H28N2O4. The molecule has 0 fully saturated rings. The summed E-state index contributed by atoms with van der Waals surface area (Å²) < 4.78 is 5.68. The summed E-state index contributed by atoms with van der Waals surface area (Å²) in [6, 6.07) is 2.49. The lowest BCUT2D eigenvalue weighted by Crippen LogP contribution is -2.45. The molecule has 2 rings (SSSR count). The van der Waals surface area contributed by atoms with E-state index in [1.165, 1.54) is 0 Å². The quantitative estimate of drug-likeness (QED) is 0.802. The highest BCUT2D eigenvalue weighted by atomic mass is 16.5. The van der Waals surface area contributed by atoms with Crippen molar-refractivity contribution in [2.45, 2.75) is 60.6 Å². The van der Waals surface area contributed by atoms with Gasteiger partial charge in [0, 0.05) is 5.71 Å². The van der Waals surface area contributed by atoms with Crippen LogP contribution in [0.25, 0.3) is 0 Å². The van der Waals surface area contributed by atoms with E-state index in [4.69, 9.17) is 4.74 Å². The summed E-state index contributed by atoms with van der Waals surface area (Å²) in [5.41, 5.74) is 2.34. The van der Waals surface area contributed by atoms with Gasteiger partial charge in [0.2, 0.25) is 0 Å². The molecule has 0 bridgehead atoms. The third kappa shape index (κ3) is 4.06. The van der Waals surface area contributed by atoms with Crippen molar-refractivity contribution >= 4 is 17.7 Å². The van der Waals surface area contributed by atoms with Crippen molar-refractivity contribution in [1.29, 1.82) is 0 Å². The number of carbonyl (C=O) groups excluding carboxylic acids is 2. The minimum absolute atomic E-state index is 0.195. The first-order valence-electron chi connectivity index (χ1n) is 8.78. The number of amides is 2. The number of aliphatic imine (C=N–C) groups is 1. The molecule has 6 nitrogen and oxygen atoms in total. The van der Waals surface area contributed by atoms with Crippen molar-refractivity contribution in [3.05, 3.63) is 28.8 Å². The maximum atomic E-state index is 12.9. The molecule has 1 aliphatic rings. The maximum absolute atomic E-state index is 12.9. The molecule has 0 spiro atoms. The summed E-state index contributed by atoms with van der Waals surface area (Å²) in [7, 11) is 0. The average molecular weight is 360 g/mol. The molecule has 1 aromatic carbocycles. The van der Waals surface area contributed by atoms with Crippen LogP contribution in [0.4, 0.5) is 4.79 Å². The number of nitrogens with zero attached hydrogens (tertiary/aromatic N) is 1. The number of hydrogen-bond acceptors (Lipinski definition) is 4. The summed E-state index contributed by atoms with van der Waals surface area (Å²) >= 11 is 0. The number of phenolic OH excluding ortho intramolecular Hbond substituents is 1. The van der Waals surface area contributed by atoms with Crippen molar-refractivity contribution < 1.29 is 19.4 Å². The lowest BCUT2D eigenvalue weighted by Gasteiger charge is -2.33. The molecule has 0 saturated heterocycles. The number of aromatic hydroxyl groups is 1. The van der Waals surface area contributed by atoms with Crippen molar-refractivity contribution in [1.82, 2.24) is 5.32 Å². The number of rotatable bonds is 3. The average Bonchev–Trinajstić information content (AvgIpc) is 2.50. The van der Waals surface area contributed by atoms with E-state index < -0.39 is 24.0 Å². The highest BCUT2D eigenvalue weighted by Crippen LogP contribution is 2.33. The van der Waals surface area contributed by atoms with E-state index in [0.717, 1.165) is 5.56 Å². The molecule has 1 heterocycles. The minimum Gasteiger partial charge on any atom is -0.507 e. The van der Waals surface area contributed by atoms with Crippen molar-refractivity contribution in [2.24, 2.45) is 16.3 Å². The zero-order chi connectivity index (χ0) is 19.8. The van der Waals surface area contributed by atoms with Gasteiger partial charge < -0.3 is 15.2 Å². The Balaban J connectivity index is 2.41. The number of benzene rings is 1. The van der Waals surface area contributed by atoms with Crippen LogP contribution in [0, 0.1) is 25.2 Å². The van der Waals surface area contributed by atoms with E-state index in [-0.39, 0.29) is 17.3 Å². The molecule has 142 valence electrons. The number of hydrogen-bond donors (Lipinski definition) is 2. The second-order valence-electron chi connectivity index (χ2n) is 8.11. The Bertz CT molecular complexity index is 739. The van der Waals surface area contributed by atoms with Crippen molar-refractivity contribution in [2.75, 3.05) is 0 Å². The zero-order valence-corrected chi connectivity index (χ0v) is 16.5. The van der Waals surface area contributed by atoms with Gasteiger partial charge in [0.15, 0.2) is 0 Å². The summed E-state index contributed by atoms with van der Waals surface area (Å²) in [6.07, 6.45) is -0.288. The van der Waals surface area contributed by atoms with Crippen LogP contribution in [-0.4, -0.2) is 28.9 Å². The molecule has 2 amide bonds. The standard InChI is InChI=1S/C20H28N2O4/c1-10-8-14(9-11(2)17(10)23)16-15(12(3)21-19(25)22-16)18(24)26-13(4)20(5,6)7/h8-9,13,15-16,23H,1-7H3,(H,22,25). The molecule has 2 N–H and O–H groups in total. The van der Waals surface area contributed by atoms with Gasteiger partial charge in [-0.3, -0.25) is 4.79 Å². The minimum atomic E-state index is -0.708. The Labute approximate surface area is 154 Å². The van der Waals surface area contributed by atoms with Crippen LogP contribution in [0.5, 0.6) is 5.75 Å². The Morgan fingerprint density at radius 1 is 1.23 bits per heavy atom. The third-order valence-corrected chi connectivity index (χ3v) is 4.98. The molecule has 6 heteroatoms. The fraction of sp³-hybridized carbons (Fsp3) is 0.550. The van der Waals surface area contributed by atoms with Crippen LogP contribution in [0.1, 0.15) is 57.4 Å². The van der Waals surface area contributed by atoms with E-state index >= 15 is 0 Å². The second-order valence-corrected chi connectivity index (χ2v) is 8.11. The zero-order valence-electron chi connectivity index (χ0n) is 16.5. The monoisotopic (exact) mass is 360 g/mol. The predicted octanol–water partition coefficient (Wildman–Crippen LogP) is 3.83. The van der Waals surface area contributed by atoms with Crippen LogP contribution in [-0.2, 0) is 9.53 Å². The fourth-order valence-electron chi connectivity index (χ4n) is 2.90. The largest absolute Gasteiger partial charge is 0.507 e. The number of esters is 1. The third-order valence-electron chi connectivity index (χ3n) is 4.98. The molecule has 0 aliphatic carbocycles. The Morgan fingerprint density at radius 3 is 2.27 bits per heavy atom. The van der Waals surface area contributed by atoms with Gasteiger partial charge >= 0.3 is 12.0 Å². The highest BCUT2D eigenvalue weighted by Gasteiger charge is 2.39. The lowest BCUT2D eigenvalue weighted by atomic mass is 9.86. The predicted molar refractivity (Wildman–Crippen MR) is 100 cm³/mol. The van der Waals surface area contributed by atoms with E-state index in [1.807, 2.05) is 27.7 Å². The number of phenols is 1. The summed E-state index contributed by atoms with van der Waals surface area (Å²) in [5.74, 6) is -0.912. The summed E-state index contributed by atoms with van der Waals surface area (Å²) in [6.45, 7) is 13.1. The molecule has 3 atom stereocenters. The van der Waals surface area contributed by atoms with Gasteiger partial charge in [-0.25, -0.2) is 9.79 Å². The molecular weight excluding hydrogens is 332 g/mol. The van der Waals surface area contributed by atoms with Gasteiger partial charge in [0.1, 0.15) is 17.8 Å². The molecule has 0 radical (unpaired) electrons. The molecule has 1 aliphatic heterocycles. The second kappa shape index (κ2) is 7.09. The van der Waals surface area contributed by atoms with E-state index in [1.54, 1.807) is 32.9 Å². The molecule has 26 heavy (non-hydrogen) atoms. The van der Waals surface area contributed by atoms with Gasteiger partial charge in [0.25, 0.3) is 0 Å². The number of nitrogens with one attached hydrogen (secondary N) is 1. The van der Waals surface area contributed by atoms with Crippen LogP contribution in [0.3, 0.4) is 0 Å². The Hall–Kier alpha value is -2.37. The van der Waals surface area contributed by atoms with Gasteiger partial charge in [-0.15, -0.1) is 0 Å². The van der Waals surface area contributed by atoms with Crippen LogP contribution in [0.2, 0.25) is 0 Å². The molecule has 1 aromatic rings. The number of urea groups is 1. The fourth-order valence-corrected chi connectivity index (χ4v) is 2.90. The Morgan fingerprint density at radius 2 is 1.77 bits per heavy atom. The summed E-state index contributed by atoms with van der Waals surface area (Å²) in [4.78, 5) is 28.7. The molecule has 3 unspecified atom stereocenters. The maximum Gasteiger partial charge on any atom is 0.341 e. The van der Waals surface area contributed by atoms with Gasteiger partial charge in [-0.1, -0.05) is 32.9 Å². The normalized spacial score (nSPS) is 21.7. The first kappa shape index (κ1) is 19.9. The van der Waals surface area contributed by atoms with Crippen molar-refractivity contribution in [3.8, 4) is 5.75 Å². The summed E-state index contributed by atoms with van der Waals surface area (Å²) in [5, 5.41) is 12.8. The van der Waals surface area contributed by atoms with Crippen molar-refractivity contribution in [3.63, 3.8) is 0 Å². The van der Waals surface area contributed by atoms with Crippen LogP contribution >= 0.6 is 0 Å². The van der Waals surface area contributed by atoms with Crippen LogP contribution in [0.15, 0.2) is 17.1 Å². The van der Waals surface area contributed by atoms with E-state index in [0.29, 0.717) is 16.8 Å². The van der Waals surface area contributed by atoms with Gasteiger partial charge in [0.05, 0.1) is 6.04 Å². The van der Waals surface area contributed by atoms with E-state index in [2.05, 4.69) is 10.3 Å². The van der Waals surface area contributed by atoms with E-state index in [9.17, 15) is 14.7 Å². The smallest absolute Gasteiger partial charge is 0.341 e. The first-order valence-corrected chi connectivity index (χ1v) is 8.78. The SMILES string of the molecule is CC1=NC(=O)NC(c2cc(C)c(O)c(C)c2)C1C(=O)OC(C)C(C)(C)C. The topological polar surface area (TPSA) is 88.0 Å². The number of carbonyl (C=O) groups is 2. The lowest BCUT2D eigenvalue weighted by molar-refractivity contribution is -0.156. The number of aryl methyl sites for hydroxylation is 2. The van der Waals surface area contributed by atoms with Gasteiger partial charge in [-0.2, -0.15) is 0 Å². The van der Waals surface area contributed by atoms with Crippen LogP contribution < -0.4 is 5.32 Å². The molecule has 0 saturated carbocycles. The van der Waals surface area contributed by atoms with Gasteiger partial charge in [-0.05, 0) is 49.8 Å². The number of ether oxygens (including phenoxy) is 1. The Kier molecular flexibility index (Phi) is 5.44. The molecule has 0 aromatic heterocycles. The first-order chi connectivity index (χ1) is 11.9. The highest BCUT2D eigenvalue weighted by molar-refractivity contribution is 6.08.